The average molecular weight is 358 g/mol. The number of aromatic nitrogens is 2. The molecule has 0 radical (unpaired) electrons. The lowest BCUT2D eigenvalue weighted by atomic mass is 9.86. The fraction of sp³-hybridized carbons (Fsp3) is 0.750. The van der Waals surface area contributed by atoms with E-state index >= 15 is 0 Å². The molecule has 1 aliphatic carbocycles. The number of aryl methyl sites for hydroxylation is 2. The normalized spacial score (nSPS) is 27.9. The highest BCUT2D eigenvalue weighted by atomic mass is 16.2. The molecule has 142 valence electrons. The zero-order valence-corrected chi connectivity index (χ0v) is 16.4. The number of anilines is 1. The number of hydrogen-bond donors (Lipinski definition) is 0. The number of carbonyl (C=O) groups is 1. The van der Waals surface area contributed by atoms with Crippen LogP contribution in [0.15, 0.2) is 6.07 Å². The Balaban J connectivity index is 1.52. The van der Waals surface area contributed by atoms with Crippen LogP contribution in [-0.2, 0) is 4.79 Å². The molecule has 2 saturated heterocycles. The van der Waals surface area contributed by atoms with Crippen LogP contribution in [0.4, 0.5) is 5.95 Å². The zero-order chi connectivity index (χ0) is 18.3. The highest BCUT2D eigenvalue weighted by molar-refractivity contribution is 5.76. The molecule has 1 amide bonds. The van der Waals surface area contributed by atoms with Crippen molar-refractivity contribution in [2.75, 3.05) is 44.7 Å². The van der Waals surface area contributed by atoms with Crippen molar-refractivity contribution in [3.05, 3.63) is 17.5 Å². The van der Waals surface area contributed by atoms with Crippen LogP contribution >= 0.6 is 0 Å². The van der Waals surface area contributed by atoms with Gasteiger partial charge in [-0.15, -0.1) is 0 Å². The molecular weight excluding hydrogens is 326 g/mol. The Morgan fingerprint density at radius 2 is 1.85 bits per heavy atom. The van der Waals surface area contributed by atoms with E-state index in [2.05, 4.69) is 31.7 Å². The lowest BCUT2D eigenvalue weighted by Gasteiger charge is -2.49. The highest BCUT2D eigenvalue weighted by Gasteiger charge is 2.43. The molecule has 1 spiro atoms. The molecule has 0 unspecified atom stereocenters. The van der Waals surface area contributed by atoms with Gasteiger partial charge in [0, 0.05) is 56.1 Å². The Bertz CT molecular complexity index is 669. The molecule has 1 aromatic heterocycles. The largest absolute Gasteiger partial charge is 0.342 e. The number of rotatable bonds is 3. The fourth-order valence-electron chi connectivity index (χ4n) is 4.52. The Morgan fingerprint density at radius 1 is 1.12 bits per heavy atom. The van der Waals surface area contributed by atoms with E-state index in [1.54, 1.807) is 0 Å². The minimum atomic E-state index is 0.0488. The molecule has 26 heavy (non-hydrogen) atoms. The third kappa shape index (κ3) is 3.56. The van der Waals surface area contributed by atoms with Gasteiger partial charge >= 0.3 is 0 Å². The van der Waals surface area contributed by atoms with Crippen molar-refractivity contribution in [2.45, 2.75) is 51.5 Å². The molecule has 0 bridgehead atoms. The van der Waals surface area contributed by atoms with Crippen molar-refractivity contribution in [1.29, 1.82) is 0 Å². The van der Waals surface area contributed by atoms with Crippen LogP contribution < -0.4 is 4.90 Å². The zero-order valence-electron chi connectivity index (χ0n) is 16.4. The molecular formula is C20H31N5O. The van der Waals surface area contributed by atoms with Crippen LogP contribution in [0, 0.1) is 19.8 Å². The van der Waals surface area contributed by atoms with Gasteiger partial charge in [0.1, 0.15) is 0 Å². The van der Waals surface area contributed by atoms with Gasteiger partial charge in [-0.1, -0.05) is 0 Å². The van der Waals surface area contributed by atoms with Gasteiger partial charge in [-0.3, -0.25) is 9.69 Å². The van der Waals surface area contributed by atoms with Crippen molar-refractivity contribution in [2.24, 2.45) is 5.92 Å². The van der Waals surface area contributed by atoms with Crippen LogP contribution in [0.5, 0.6) is 0 Å². The van der Waals surface area contributed by atoms with Gasteiger partial charge < -0.3 is 9.80 Å². The van der Waals surface area contributed by atoms with E-state index in [9.17, 15) is 4.79 Å². The molecule has 1 aromatic rings. The van der Waals surface area contributed by atoms with Crippen LogP contribution in [0.1, 0.15) is 43.5 Å². The summed E-state index contributed by atoms with van der Waals surface area (Å²) in [6.07, 6.45) is 5.24. The first kappa shape index (κ1) is 17.7. The maximum Gasteiger partial charge on any atom is 0.225 e. The minimum Gasteiger partial charge on any atom is -0.342 e. The summed E-state index contributed by atoms with van der Waals surface area (Å²) in [7, 11) is 2.22. The second-order valence-corrected chi connectivity index (χ2v) is 8.55. The predicted molar refractivity (Wildman–Crippen MR) is 102 cm³/mol. The lowest BCUT2D eigenvalue weighted by Crippen LogP contribution is -2.61. The second kappa shape index (κ2) is 6.80. The van der Waals surface area contributed by atoms with E-state index in [-0.39, 0.29) is 5.54 Å². The van der Waals surface area contributed by atoms with E-state index in [1.165, 1.54) is 12.8 Å². The van der Waals surface area contributed by atoms with Crippen molar-refractivity contribution >= 4 is 11.9 Å². The topological polar surface area (TPSA) is 52.6 Å². The molecule has 6 heteroatoms. The summed E-state index contributed by atoms with van der Waals surface area (Å²) in [5.74, 6) is 1.96. The summed E-state index contributed by atoms with van der Waals surface area (Å²) in [4.78, 5) is 28.9. The van der Waals surface area contributed by atoms with Gasteiger partial charge in [-0.05, 0) is 58.6 Å². The third-order valence-corrected chi connectivity index (χ3v) is 6.43. The maximum atomic E-state index is 12.6. The Morgan fingerprint density at radius 3 is 2.54 bits per heavy atom. The monoisotopic (exact) mass is 357 g/mol. The average Bonchev–Trinajstić information content (AvgIpc) is 3.42. The molecule has 0 aromatic carbocycles. The first-order valence-electron chi connectivity index (χ1n) is 10.0. The van der Waals surface area contributed by atoms with E-state index in [0.717, 1.165) is 68.8 Å². The number of amides is 1. The maximum absolute atomic E-state index is 12.6. The Kier molecular flexibility index (Phi) is 4.63. The summed E-state index contributed by atoms with van der Waals surface area (Å²) >= 11 is 0. The van der Waals surface area contributed by atoms with Gasteiger partial charge in [0.25, 0.3) is 0 Å². The first-order valence-corrected chi connectivity index (χ1v) is 10.0. The lowest BCUT2D eigenvalue weighted by molar-refractivity contribution is -0.130. The molecule has 6 nitrogen and oxygen atoms in total. The molecule has 1 atom stereocenters. The second-order valence-electron chi connectivity index (χ2n) is 8.55. The van der Waals surface area contributed by atoms with Crippen molar-refractivity contribution in [3.63, 3.8) is 0 Å². The molecule has 3 fully saturated rings. The predicted octanol–water partition coefficient (Wildman–Crippen LogP) is 2.01. The number of likely N-dealkylation sites (N-methyl/N-ethyl adjacent to an activating group) is 1. The highest BCUT2D eigenvalue weighted by Crippen LogP contribution is 2.35. The van der Waals surface area contributed by atoms with Crippen LogP contribution in [0.2, 0.25) is 0 Å². The third-order valence-electron chi connectivity index (χ3n) is 6.43. The number of piperazine rings is 1. The van der Waals surface area contributed by atoms with E-state index < -0.39 is 0 Å². The van der Waals surface area contributed by atoms with Crippen molar-refractivity contribution in [3.8, 4) is 0 Å². The summed E-state index contributed by atoms with van der Waals surface area (Å²) < 4.78 is 0. The van der Waals surface area contributed by atoms with Gasteiger partial charge in [-0.2, -0.15) is 0 Å². The van der Waals surface area contributed by atoms with Gasteiger partial charge in [0.2, 0.25) is 11.9 Å². The van der Waals surface area contributed by atoms with Crippen molar-refractivity contribution in [1.82, 2.24) is 19.8 Å². The molecule has 4 rings (SSSR count). The fourth-order valence-corrected chi connectivity index (χ4v) is 4.52. The Labute approximate surface area is 156 Å². The molecule has 2 aliphatic heterocycles. The Hall–Kier alpha value is -1.69. The van der Waals surface area contributed by atoms with E-state index in [4.69, 9.17) is 0 Å². The summed E-state index contributed by atoms with van der Waals surface area (Å²) in [6, 6.07) is 2.02. The first-order chi connectivity index (χ1) is 12.4. The molecule has 1 saturated carbocycles. The number of carbonyl (C=O) groups excluding carboxylic acids is 1. The quantitative estimate of drug-likeness (QED) is 0.828. The minimum absolute atomic E-state index is 0.0488. The summed E-state index contributed by atoms with van der Waals surface area (Å²) in [5.41, 5.74) is 2.09. The SMILES string of the molecule is Cc1cc(C)nc(N2CCN(C)[C@@]3(CCC(=O)N(CC4CC4)CC3)C2)n1. The number of likely N-dealkylation sites (tertiary alicyclic amines) is 1. The molecule has 3 aliphatic rings. The standard InChI is InChI=1S/C20H31N5O/c1-15-12-16(2)22-19(21-15)25-11-10-23(3)20(14-25)7-6-18(26)24(9-8-20)13-17-4-5-17/h12,17H,4-11,13-14H2,1-3H3/t20-/m1/s1. The van der Waals surface area contributed by atoms with Gasteiger partial charge in [-0.25, -0.2) is 9.97 Å². The number of nitrogens with zero attached hydrogens (tertiary/aromatic N) is 5. The van der Waals surface area contributed by atoms with Gasteiger partial charge in [0.15, 0.2) is 0 Å². The van der Waals surface area contributed by atoms with Crippen LogP contribution in [0.25, 0.3) is 0 Å². The van der Waals surface area contributed by atoms with Gasteiger partial charge in [0.05, 0.1) is 0 Å². The van der Waals surface area contributed by atoms with E-state index in [1.807, 2.05) is 19.9 Å². The smallest absolute Gasteiger partial charge is 0.225 e. The molecule has 3 heterocycles. The molecule has 0 N–H and O–H groups in total. The summed E-state index contributed by atoms with van der Waals surface area (Å²) in [6.45, 7) is 8.78. The summed E-state index contributed by atoms with van der Waals surface area (Å²) in [5, 5.41) is 0. The van der Waals surface area contributed by atoms with Crippen LogP contribution in [-0.4, -0.2) is 71.0 Å². The number of hydrogen-bond acceptors (Lipinski definition) is 5. The van der Waals surface area contributed by atoms with E-state index in [0.29, 0.717) is 12.3 Å². The van der Waals surface area contributed by atoms with Crippen LogP contribution in [0.3, 0.4) is 0 Å². The van der Waals surface area contributed by atoms with Crippen molar-refractivity contribution < 1.29 is 4.79 Å².